The number of para-hydroxylation sites is 2. The lowest BCUT2D eigenvalue weighted by molar-refractivity contribution is 0.102. The van der Waals surface area contributed by atoms with Crippen molar-refractivity contribution in [3.8, 4) is 5.75 Å². The van der Waals surface area contributed by atoms with E-state index in [4.69, 9.17) is 9.72 Å². The summed E-state index contributed by atoms with van der Waals surface area (Å²) >= 11 is 1.43. The highest BCUT2D eigenvalue weighted by Gasteiger charge is 2.24. The van der Waals surface area contributed by atoms with Crippen molar-refractivity contribution in [3.63, 3.8) is 0 Å². The average Bonchev–Trinajstić information content (AvgIpc) is 3.05. The van der Waals surface area contributed by atoms with Crippen LogP contribution in [0.2, 0.25) is 0 Å². The SMILES string of the molecule is COc1ccccc1NC(=O)c1sc2nc(C)nc(N3CCCCC3)c2c1C. The summed E-state index contributed by atoms with van der Waals surface area (Å²) in [5.74, 6) is 2.20. The molecule has 0 aliphatic carbocycles. The van der Waals surface area contributed by atoms with Crippen LogP contribution in [-0.4, -0.2) is 36.1 Å². The molecule has 1 aliphatic rings. The van der Waals surface area contributed by atoms with Crippen molar-refractivity contribution in [3.05, 3.63) is 40.5 Å². The molecule has 1 aromatic carbocycles. The lowest BCUT2D eigenvalue weighted by Crippen LogP contribution is -2.30. The number of thiophene rings is 1. The van der Waals surface area contributed by atoms with E-state index >= 15 is 0 Å². The van der Waals surface area contributed by atoms with Crippen LogP contribution in [0.25, 0.3) is 10.2 Å². The van der Waals surface area contributed by atoms with E-state index in [0.717, 1.165) is 40.5 Å². The molecule has 1 amide bonds. The molecule has 3 heterocycles. The number of carbonyl (C=O) groups excluding carboxylic acids is 1. The van der Waals surface area contributed by atoms with Gasteiger partial charge in [0, 0.05) is 13.1 Å². The van der Waals surface area contributed by atoms with Crippen LogP contribution in [0.1, 0.15) is 40.3 Å². The number of amides is 1. The Labute approximate surface area is 168 Å². The Morgan fingerprint density at radius 2 is 1.89 bits per heavy atom. The van der Waals surface area contributed by atoms with E-state index in [2.05, 4.69) is 15.2 Å². The van der Waals surface area contributed by atoms with E-state index in [-0.39, 0.29) is 5.91 Å². The lowest BCUT2D eigenvalue weighted by atomic mass is 10.1. The number of hydrogen-bond donors (Lipinski definition) is 1. The van der Waals surface area contributed by atoms with Gasteiger partial charge >= 0.3 is 0 Å². The highest BCUT2D eigenvalue weighted by molar-refractivity contribution is 7.20. The van der Waals surface area contributed by atoms with Gasteiger partial charge in [0.25, 0.3) is 5.91 Å². The van der Waals surface area contributed by atoms with Crippen LogP contribution in [0.3, 0.4) is 0 Å². The maximum atomic E-state index is 13.0. The van der Waals surface area contributed by atoms with Crippen molar-refractivity contribution < 1.29 is 9.53 Å². The van der Waals surface area contributed by atoms with Crippen LogP contribution in [-0.2, 0) is 0 Å². The monoisotopic (exact) mass is 396 g/mol. The molecule has 1 fully saturated rings. The lowest BCUT2D eigenvalue weighted by Gasteiger charge is -2.28. The van der Waals surface area contributed by atoms with Crippen LogP contribution in [0.5, 0.6) is 5.75 Å². The zero-order valence-corrected chi connectivity index (χ0v) is 17.2. The molecular formula is C21H24N4O2S. The quantitative estimate of drug-likeness (QED) is 0.700. The van der Waals surface area contributed by atoms with Gasteiger partial charge < -0.3 is 15.0 Å². The Kier molecular flexibility index (Phi) is 5.17. The molecule has 0 saturated carbocycles. The third kappa shape index (κ3) is 3.42. The minimum Gasteiger partial charge on any atom is -0.495 e. The molecule has 28 heavy (non-hydrogen) atoms. The van der Waals surface area contributed by atoms with E-state index in [1.807, 2.05) is 38.1 Å². The van der Waals surface area contributed by atoms with Crippen LogP contribution >= 0.6 is 11.3 Å². The Bertz CT molecular complexity index is 1020. The van der Waals surface area contributed by atoms with E-state index in [1.165, 1.54) is 30.6 Å². The molecule has 0 spiro atoms. The number of fused-ring (bicyclic) bond motifs is 1. The summed E-state index contributed by atoms with van der Waals surface area (Å²) in [7, 11) is 1.60. The summed E-state index contributed by atoms with van der Waals surface area (Å²) in [6.45, 7) is 5.91. The van der Waals surface area contributed by atoms with Gasteiger partial charge in [0.05, 0.1) is 23.1 Å². The number of piperidine rings is 1. The van der Waals surface area contributed by atoms with Crippen LogP contribution < -0.4 is 15.0 Å². The van der Waals surface area contributed by atoms with Crippen molar-refractivity contribution in [1.82, 2.24) is 9.97 Å². The molecule has 2 aromatic heterocycles. The van der Waals surface area contributed by atoms with Crippen LogP contribution in [0.15, 0.2) is 24.3 Å². The maximum absolute atomic E-state index is 13.0. The van der Waals surface area contributed by atoms with Crippen LogP contribution in [0.4, 0.5) is 11.5 Å². The second kappa shape index (κ2) is 7.75. The first kappa shape index (κ1) is 18.7. The Hall–Kier alpha value is -2.67. The topological polar surface area (TPSA) is 67.3 Å². The van der Waals surface area contributed by atoms with E-state index < -0.39 is 0 Å². The molecule has 1 N–H and O–H groups in total. The van der Waals surface area contributed by atoms with Gasteiger partial charge in [0.15, 0.2) is 0 Å². The van der Waals surface area contributed by atoms with E-state index in [0.29, 0.717) is 16.3 Å². The van der Waals surface area contributed by atoms with Crippen molar-refractivity contribution in [2.24, 2.45) is 0 Å². The fourth-order valence-electron chi connectivity index (χ4n) is 3.70. The molecule has 7 heteroatoms. The number of methoxy groups -OCH3 is 1. The van der Waals surface area contributed by atoms with Gasteiger partial charge in [-0.3, -0.25) is 4.79 Å². The predicted molar refractivity (Wildman–Crippen MR) is 114 cm³/mol. The van der Waals surface area contributed by atoms with Gasteiger partial charge in [-0.25, -0.2) is 9.97 Å². The van der Waals surface area contributed by atoms with Crippen LogP contribution in [0, 0.1) is 13.8 Å². The molecule has 0 unspecified atom stereocenters. The number of benzene rings is 1. The smallest absolute Gasteiger partial charge is 0.266 e. The zero-order valence-electron chi connectivity index (χ0n) is 16.4. The van der Waals surface area contributed by atoms with Crippen molar-refractivity contribution >= 4 is 39.0 Å². The fraction of sp³-hybridized carbons (Fsp3) is 0.381. The molecular weight excluding hydrogens is 372 g/mol. The number of aryl methyl sites for hydroxylation is 2. The number of aromatic nitrogens is 2. The van der Waals surface area contributed by atoms with Gasteiger partial charge in [-0.1, -0.05) is 12.1 Å². The third-order valence-electron chi connectivity index (χ3n) is 5.10. The van der Waals surface area contributed by atoms with Gasteiger partial charge in [-0.15, -0.1) is 11.3 Å². The molecule has 0 atom stereocenters. The summed E-state index contributed by atoms with van der Waals surface area (Å²) in [4.78, 5) is 26.3. The minimum absolute atomic E-state index is 0.146. The van der Waals surface area contributed by atoms with E-state index in [1.54, 1.807) is 7.11 Å². The first-order valence-corrected chi connectivity index (χ1v) is 10.4. The summed E-state index contributed by atoms with van der Waals surface area (Å²) < 4.78 is 5.35. The molecule has 0 bridgehead atoms. The fourth-order valence-corrected chi connectivity index (χ4v) is 4.82. The highest BCUT2D eigenvalue weighted by atomic mass is 32.1. The van der Waals surface area contributed by atoms with E-state index in [9.17, 15) is 4.79 Å². The summed E-state index contributed by atoms with van der Waals surface area (Å²) in [6, 6.07) is 7.42. The molecule has 4 rings (SSSR count). The summed E-state index contributed by atoms with van der Waals surface area (Å²) in [5.41, 5.74) is 1.60. The predicted octanol–water partition coefficient (Wildman–Crippen LogP) is 4.56. The van der Waals surface area contributed by atoms with Gasteiger partial charge in [-0.05, 0) is 50.8 Å². The highest BCUT2D eigenvalue weighted by Crippen LogP contribution is 2.37. The number of hydrogen-bond acceptors (Lipinski definition) is 6. The van der Waals surface area contributed by atoms with Crippen molar-refractivity contribution in [1.29, 1.82) is 0 Å². The Morgan fingerprint density at radius 1 is 1.14 bits per heavy atom. The van der Waals surface area contributed by atoms with Gasteiger partial charge in [0.2, 0.25) is 0 Å². The zero-order chi connectivity index (χ0) is 19.7. The molecule has 1 aliphatic heterocycles. The van der Waals surface area contributed by atoms with Crippen molar-refractivity contribution in [2.75, 3.05) is 30.4 Å². The first-order valence-electron chi connectivity index (χ1n) is 9.55. The molecule has 3 aromatic rings. The number of rotatable bonds is 4. The standard InChI is InChI=1S/C21H24N4O2S/c1-13-17-19(25-11-7-4-8-12-25)22-14(2)23-21(17)28-18(13)20(26)24-15-9-5-6-10-16(15)27-3/h5-6,9-10H,4,7-8,11-12H2,1-3H3,(H,24,26). The van der Waals surface area contributed by atoms with Gasteiger partial charge in [-0.2, -0.15) is 0 Å². The number of anilines is 2. The second-order valence-electron chi connectivity index (χ2n) is 7.03. The third-order valence-corrected chi connectivity index (χ3v) is 6.28. The largest absolute Gasteiger partial charge is 0.495 e. The normalized spacial score (nSPS) is 14.3. The molecule has 1 saturated heterocycles. The molecule has 6 nitrogen and oxygen atoms in total. The second-order valence-corrected chi connectivity index (χ2v) is 8.03. The average molecular weight is 397 g/mol. The number of nitrogens with one attached hydrogen (secondary N) is 1. The number of nitrogens with zero attached hydrogens (tertiary/aromatic N) is 3. The Balaban J connectivity index is 1.74. The molecule has 146 valence electrons. The van der Waals surface area contributed by atoms with Gasteiger partial charge in [0.1, 0.15) is 22.2 Å². The number of carbonyl (C=O) groups is 1. The Morgan fingerprint density at radius 3 is 2.64 bits per heavy atom. The first-order chi connectivity index (χ1) is 13.6. The molecule has 0 radical (unpaired) electrons. The number of ether oxygens (including phenoxy) is 1. The van der Waals surface area contributed by atoms with Crippen molar-refractivity contribution in [2.45, 2.75) is 33.1 Å². The maximum Gasteiger partial charge on any atom is 0.266 e. The summed E-state index contributed by atoms with van der Waals surface area (Å²) in [5, 5.41) is 3.98. The summed E-state index contributed by atoms with van der Waals surface area (Å²) in [6.07, 6.45) is 3.61. The minimum atomic E-state index is -0.146.